The van der Waals surface area contributed by atoms with Gasteiger partial charge < -0.3 is 9.84 Å². The van der Waals surface area contributed by atoms with Crippen LogP contribution in [-0.4, -0.2) is 30.5 Å². The summed E-state index contributed by atoms with van der Waals surface area (Å²) in [7, 11) is 1.37. The Morgan fingerprint density at radius 2 is 2.07 bits per heavy atom. The highest BCUT2D eigenvalue weighted by molar-refractivity contribution is 7.13. The van der Waals surface area contributed by atoms with Gasteiger partial charge in [-0.3, -0.25) is 0 Å². The number of esters is 1. The normalized spacial score (nSPS) is 24.3. The van der Waals surface area contributed by atoms with E-state index in [9.17, 15) is 14.3 Å². The topological polar surface area (TPSA) is 46.5 Å². The first kappa shape index (κ1) is 19.6. The van der Waals surface area contributed by atoms with Crippen molar-refractivity contribution in [2.75, 3.05) is 7.11 Å². The number of hydrogen-bond acceptors (Lipinski definition) is 4. The van der Waals surface area contributed by atoms with Crippen LogP contribution in [0.2, 0.25) is 0 Å². The Morgan fingerprint density at radius 3 is 2.81 bits per heavy atom. The third kappa shape index (κ3) is 4.97. The smallest absolute Gasteiger partial charge is 0.348 e. The molecule has 1 aromatic carbocycles. The number of aryl methyl sites for hydroxylation is 1. The first-order valence-electron chi connectivity index (χ1n) is 9.14. The summed E-state index contributed by atoms with van der Waals surface area (Å²) in [5.74, 6) is 5.26. The molecule has 1 aliphatic carbocycles. The van der Waals surface area contributed by atoms with Gasteiger partial charge in [0.1, 0.15) is 11.0 Å². The molecule has 0 unspecified atom stereocenters. The lowest BCUT2D eigenvalue weighted by molar-refractivity contribution is 0.0606. The number of hydrogen-bond donors (Lipinski definition) is 1. The quantitative estimate of drug-likeness (QED) is 0.617. The molecule has 0 radical (unpaired) electrons. The number of aliphatic hydroxyl groups is 1. The number of methoxy groups -OCH3 is 1. The van der Waals surface area contributed by atoms with Gasteiger partial charge in [-0.1, -0.05) is 30.0 Å². The van der Waals surface area contributed by atoms with E-state index in [0.717, 1.165) is 23.3 Å². The van der Waals surface area contributed by atoms with Crippen molar-refractivity contribution in [3.63, 3.8) is 0 Å². The van der Waals surface area contributed by atoms with Gasteiger partial charge >= 0.3 is 5.97 Å². The van der Waals surface area contributed by atoms with Gasteiger partial charge in [-0.15, -0.1) is 11.3 Å². The van der Waals surface area contributed by atoms with Gasteiger partial charge in [0, 0.05) is 22.8 Å². The van der Waals surface area contributed by atoms with Crippen molar-refractivity contribution in [2.24, 2.45) is 11.8 Å². The fourth-order valence-electron chi connectivity index (χ4n) is 3.55. The lowest BCUT2D eigenvalue weighted by atomic mass is 9.89. The molecule has 1 saturated carbocycles. The van der Waals surface area contributed by atoms with E-state index in [1.165, 1.54) is 18.4 Å². The Hall–Kier alpha value is -2.16. The van der Waals surface area contributed by atoms with Gasteiger partial charge in [0.15, 0.2) is 0 Å². The number of carbonyl (C=O) groups excluding carboxylic acids is 1. The molecule has 0 aliphatic heterocycles. The van der Waals surface area contributed by atoms with Crippen LogP contribution in [0.25, 0.3) is 0 Å². The van der Waals surface area contributed by atoms with Gasteiger partial charge in [-0.25, -0.2) is 9.18 Å². The molecule has 0 bridgehead atoms. The molecule has 4 atom stereocenters. The average Bonchev–Trinajstić information content (AvgIpc) is 3.25. The van der Waals surface area contributed by atoms with Crippen LogP contribution >= 0.6 is 11.3 Å². The largest absolute Gasteiger partial charge is 0.465 e. The van der Waals surface area contributed by atoms with Crippen molar-refractivity contribution in [3.05, 3.63) is 57.8 Å². The van der Waals surface area contributed by atoms with Gasteiger partial charge in [-0.2, -0.15) is 0 Å². The predicted octanol–water partition coefficient (Wildman–Crippen LogP) is 4.24. The summed E-state index contributed by atoms with van der Waals surface area (Å²) in [5.41, 5.74) is 0.875. The zero-order chi connectivity index (χ0) is 19.2. The number of rotatable bonds is 5. The minimum Gasteiger partial charge on any atom is -0.465 e. The highest BCUT2D eigenvalue weighted by atomic mass is 32.1. The van der Waals surface area contributed by atoms with Crippen LogP contribution in [-0.2, 0) is 11.2 Å². The van der Waals surface area contributed by atoms with Crippen molar-refractivity contribution in [2.45, 2.75) is 38.0 Å². The molecule has 5 heteroatoms. The van der Waals surface area contributed by atoms with Crippen molar-refractivity contribution in [1.82, 2.24) is 0 Å². The first-order valence-corrected chi connectivity index (χ1v) is 9.96. The van der Waals surface area contributed by atoms with Crippen molar-refractivity contribution >= 4 is 17.3 Å². The first-order chi connectivity index (χ1) is 13.1. The Labute approximate surface area is 163 Å². The number of carbonyl (C=O) groups is 1. The highest BCUT2D eigenvalue weighted by Gasteiger charge is 2.41. The maximum atomic E-state index is 14.4. The van der Waals surface area contributed by atoms with E-state index in [1.54, 1.807) is 6.07 Å². The molecule has 1 aliphatic rings. The number of benzene rings is 1. The third-order valence-corrected chi connectivity index (χ3v) is 6.10. The van der Waals surface area contributed by atoms with Crippen LogP contribution in [0.1, 0.15) is 39.4 Å². The van der Waals surface area contributed by atoms with E-state index in [0.29, 0.717) is 11.3 Å². The van der Waals surface area contributed by atoms with E-state index in [1.807, 2.05) is 36.4 Å². The number of halogens is 1. The maximum Gasteiger partial charge on any atom is 0.348 e. The molecule has 0 amide bonds. The summed E-state index contributed by atoms with van der Waals surface area (Å²) in [6.45, 7) is 0. The summed E-state index contributed by atoms with van der Waals surface area (Å²) in [6.07, 6.45) is 0.655. The molecule has 142 valence electrons. The van der Waals surface area contributed by atoms with Crippen molar-refractivity contribution in [3.8, 4) is 11.8 Å². The zero-order valence-corrected chi connectivity index (χ0v) is 16.0. The van der Waals surface area contributed by atoms with Crippen LogP contribution in [0.15, 0.2) is 42.5 Å². The monoisotopic (exact) mass is 386 g/mol. The molecule has 27 heavy (non-hydrogen) atoms. The van der Waals surface area contributed by atoms with Gasteiger partial charge in [0.05, 0.1) is 19.1 Å². The van der Waals surface area contributed by atoms with Gasteiger partial charge in [-0.05, 0) is 43.5 Å². The van der Waals surface area contributed by atoms with Crippen LogP contribution in [0, 0.1) is 23.7 Å². The number of alkyl halides is 1. The molecule has 3 rings (SSSR count). The lowest BCUT2D eigenvalue weighted by Crippen LogP contribution is -2.19. The molecule has 1 fully saturated rings. The fourth-order valence-corrected chi connectivity index (χ4v) is 4.52. The molecular formula is C22H23FO3S. The van der Waals surface area contributed by atoms with E-state index in [4.69, 9.17) is 4.74 Å². The standard InChI is InChI=1S/C22H23FO3S/c1-26-22(25)21-13-11-16(27-21)8-5-9-17-18(20(24)14-19(17)23)12-10-15-6-3-2-4-7-15/h2-4,6-7,11,13,17-20,24H,5,8-9,14H2,1H3/t17-,18-,19-,20-/m1/s1. The Bertz CT molecular complexity index is 821. The molecular weight excluding hydrogens is 363 g/mol. The SMILES string of the molecule is COC(=O)c1ccc(CCC[C@@H]2[C@@H](C#Cc3ccccc3)[C@H](O)C[C@H]2F)s1. The van der Waals surface area contributed by atoms with Crippen LogP contribution < -0.4 is 0 Å². The molecule has 2 aromatic rings. The van der Waals surface area contributed by atoms with Crippen molar-refractivity contribution < 1.29 is 19.0 Å². The minimum absolute atomic E-state index is 0.157. The van der Waals surface area contributed by atoms with Gasteiger partial charge in [0.2, 0.25) is 0 Å². The highest BCUT2D eigenvalue weighted by Crippen LogP contribution is 2.38. The lowest BCUT2D eigenvalue weighted by Gasteiger charge is -2.17. The molecule has 1 N–H and O–H groups in total. The summed E-state index contributed by atoms with van der Waals surface area (Å²) in [4.78, 5) is 13.2. The molecule has 1 heterocycles. The van der Waals surface area contributed by atoms with E-state index in [2.05, 4.69) is 11.8 Å². The van der Waals surface area contributed by atoms with E-state index >= 15 is 0 Å². The second kappa shape index (κ2) is 9.16. The second-order valence-electron chi connectivity index (χ2n) is 6.79. The Balaban J connectivity index is 1.59. The summed E-state index contributed by atoms with van der Waals surface area (Å²) >= 11 is 1.41. The molecule has 1 aromatic heterocycles. The number of thiophene rings is 1. The fraction of sp³-hybridized carbons (Fsp3) is 0.409. The Kier molecular flexibility index (Phi) is 6.65. The van der Waals surface area contributed by atoms with Crippen molar-refractivity contribution in [1.29, 1.82) is 0 Å². The third-order valence-electron chi connectivity index (χ3n) is 4.97. The van der Waals surface area contributed by atoms with E-state index < -0.39 is 12.3 Å². The second-order valence-corrected chi connectivity index (χ2v) is 7.96. The van der Waals surface area contributed by atoms with Gasteiger partial charge in [0.25, 0.3) is 0 Å². The predicted molar refractivity (Wildman–Crippen MR) is 104 cm³/mol. The maximum absolute atomic E-state index is 14.4. The van der Waals surface area contributed by atoms with E-state index in [-0.39, 0.29) is 24.2 Å². The summed E-state index contributed by atoms with van der Waals surface area (Å²) < 4.78 is 19.1. The zero-order valence-electron chi connectivity index (χ0n) is 15.2. The molecule has 0 spiro atoms. The summed E-state index contributed by atoms with van der Waals surface area (Å²) in [6, 6.07) is 13.2. The minimum atomic E-state index is -1.02. The summed E-state index contributed by atoms with van der Waals surface area (Å²) in [5, 5.41) is 10.2. The Morgan fingerprint density at radius 1 is 1.30 bits per heavy atom. The molecule has 0 saturated heterocycles. The van der Waals surface area contributed by atoms with Crippen LogP contribution in [0.4, 0.5) is 4.39 Å². The van der Waals surface area contributed by atoms with Crippen LogP contribution in [0.3, 0.4) is 0 Å². The number of aliphatic hydroxyl groups excluding tert-OH is 1. The van der Waals surface area contributed by atoms with Crippen LogP contribution in [0.5, 0.6) is 0 Å². The number of ether oxygens (including phenoxy) is 1. The molecule has 3 nitrogen and oxygen atoms in total. The average molecular weight is 386 g/mol.